The third-order valence-electron chi connectivity index (χ3n) is 6.27. The Labute approximate surface area is 215 Å². The molecule has 8 nitrogen and oxygen atoms in total. The van der Waals surface area contributed by atoms with Crippen molar-refractivity contribution in [2.24, 2.45) is 0 Å². The molecule has 0 spiro atoms. The first-order chi connectivity index (χ1) is 17.3. The Balaban J connectivity index is 0.00000176. The Kier molecular flexibility index (Phi) is 9.25. The molecule has 1 amide bonds. The molecule has 2 atom stereocenters. The third kappa shape index (κ3) is 5.46. The number of para-hydroxylation sites is 1. The molecule has 2 unspecified atom stereocenters. The lowest BCUT2D eigenvalue weighted by Gasteiger charge is -2.27. The molecule has 0 saturated carbocycles. The number of aryl methyl sites for hydroxylation is 1. The second-order valence-electron chi connectivity index (χ2n) is 8.49. The van der Waals surface area contributed by atoms with Gasteiger partial charge in [0.15, 0.2) is 5.75 Å². The molecule has 4 rings (SSSR count). The van der Waals surface area contributed by atoms with E-state index in [1.54, 1.807) is 34.9 Å². The van der Waals surface area contributed by atoms with Crippen molar-refractivity contribution in [2.45, 2.75) is 58.2 Å². The lowest BCUT2D eigenvalue weighted by molar-refractivity contribution is 0.0790. The second kappa shape index (κ2) is 12.2. The Morgan fingerprint density at radius 2 is 1.78 bits per heavy atom. The zero-order chi connectivity index (χ0) is 26.4. The monoisotopic (exact) mass is 513 g/mol. The number of benzene rings is 1. The fourth-order valence-electron chi connectivity index (χ4n) is 4.35. The first-order valence-electron chi connectivity index (χ1n) is 12.4. The molecule has 3 aromatic rings. The number of hydrogen-bond acceptors (Lipinski definition) is 8. The van der Waals surface area contributed by atoms with Crippen LogP contribution in [-0.2, 0) is 0 Å². The van der Waals surface area contributed by atoms with Gasteiger partial charge in [-0.3, -0.25) is 14.4 Å². The van der Waals surface area contributed by atoms with Crippen molar-refractivity contribution in [3.63, 3.8) is 0 Å². The summed E-state index contributed by atoms with van der Waals surface area (Å²) < 4.78 is 5.83. The first-order valence-corrected chi connectivity index (χ1v) is 13.7. The van der Waals surface area contributed by atoms with E-state index in [-0.39, 0.29) is 45.6 Å². The minimum Gasteiger partial charge on any atom is -0.505 e. The van der Waals surface area contributed by atoms with Crippen LogP contribution in [0.2, 0.25) is 0 Å². The molecule has 0 bridgehead atoms. The number of anilines is 3. The second-order valence-corrected chi connectivity index (χ2v) is 9.56. The van der Waals surface area contributed by atoms with Crippen LogP contribution in [-0.4, -0.2) is 40.5 Å². The largest absolute Gasteiger partial charge is 0.505 e. The molecule has 2 aromatic carbocycles. The van der Waals surface area contributed by atoms with Crippen molar-refractivity contribution < 1.29 is 14.3 Å². The fourth-order valence-corrected chi connectivity index (χ4v) is 5.16. The Morgan fingerprint density at radius 1 is 1.11 bits per heavy atom. The van der Waals surface area contributed by atoms with Crippen molar-refractivity contribution in [2.75, 3.05) is 30.0 Å². The number of rotatable bonds is 9. The molecule has 1 aromatic heterocycles. The summed E-state index contributed by atoms with van der Waals surface area (Å²) in [7, 11) is 0. The average Bonchev–Trinajstić information content (AvgIpc) is 3.59. The van der Waals surface area contributed by atoms with Gasteiger partial charge < -0.3 is 25.1 Å². The van der Waals surface area contributed by atoms with E-state index in [0.29, 0.717) is 18.8 Å². The normalized spacial score (nSPS) is 14.8. The van der Waals surface area contributed by atoms with Crippen LogP contribution in [0.25, 0.3) is 0 Å². The van der Waals surface area contributed by atoms with E-state index in [1.807, 2.05) is 46.1 Å². The number of likely N-dealkylation sites (tertiary alicyclic amines) is 1. The lowest BCUT2D eigenvalue weighted by atomic mass is 10.1. The molecular weight excluding hydrogens is 478 g/mol. The fraction of sp³-hybridized carbons (Fsp3) is 0.444. The number of furan rings is 1. The number of nitrogens with one attached hydrogen (secondary N) is 2. The topological polar surface area (TPSA) is 112 Å². The van der Waals surface area contributed by atoms with Gasteiger partial charge in [0.05, 0.1) is 17.3 Å². The van der Waals surface area contributed by atoms with Crippen LogP contribution < -0.4 is 21.5 Å². The van der Waals surface area contributed by atoms with Crippen molar-refractivity contribution in [3.05, 3.63) is 67.9 Å². The van der Waals surface area contributed by atoms with Gasteiger partial charge in [0.25, 0.3) is 16.8 Å². The van der Waals surface area contributed by atoms with Crippen LogP contribution in [0, 0.1) is 6.92 Å². The zero-order valence-electron chi connectivity index (χ0n) is 21.5. The van der Waals surface area contributed by atoms with Gasteiger partial charge >= 0.3 is 0 Å². The number of nitrogens with zero attached hydrogens (tertiary/aromatic N) is 1. The van der Waals surface area contributed by atoms with Gasteiger partial charge in [0.2, 0.25) is 0 Å². The summed E-state index contributed by atoms with van der Waals surface area (Å²) in [6, 6.07) is 8.17. The van der Waals surface area contributed by atoms with Crippen molar-refractivity contribution >= 4 is 34.7 Å². The molecule has 9 heteroatoms. The maximum atomic E-state index is 12.8. The molecular formula is C27H35N3O5S. The number of phenolic OH excluding ortho intramolecular Hbond substituents is 1. The zero-order valence-corrected chi connectivity index (χ0v) is 22.3. The van der Waals surface area contributed by atoms with Crippen LogP contribution in [0.15, 0.2) is 44.3 Å². The number of carbonyl (C=O) groups is 1. The van der Waals surface area contributed by atoms with Crippen LogP contribution >= 0.6 is 11.8 Å². The molecule has 1 saturated heterocycles. The highest BCUT2D eigenvalue weighted by molar-refractivity contribution is 7.99. The van der Waals surface area contributed by atoms with Crippen LogP contribution in [0.4, 0.5) is 17.1 Å². The minimum atomic E-state index is -0.676. The predicted molar refractivity (Wildman–Crippen MR) is 147 cm³/mol. The molecule has 2 heterocycles. The molecule has 0 aliphatic carbocycles. The number of aromatic hydroxyl groups is 1. The number of hydrogen-bond donors (Lipinski definition) is 3. The summed E-state index contributed by atoms with van der Waals surface area (Å²) >= 11 is 1.64. The minimum absolute atomic E-state index is 0.0651. The highest BCUT2D eigenvalue weighted by Crippen LogP contribution is 2.36. The maximum absolute atomic E-state index is 12.8. The highest BCUT2D eigenvalue weighted by Gasteiger charge is 2.30. The van der Waals surface area contributed by atoms with E-state index in [2.05, 4.69) is 10.6 Å². The first kappa shape index (κ1) is 27.4. The van der Waals surface area contributed by atoms with Gasteiger partial charge in [-0.2, -0.15) is 11.8 Å². The molecule has 194 valence electrons. The van der Waals surface area contributed by atoms with E-state index in [9.17, 15) is 19.5 Å². The van der Waals surface area contributed by atoms with E-state index in [4.69, 9.17) is 4.42 Å². The van der Waals surface area contributed by atoms with E-state index >= 15 is 0 Å². The van der Waals surface area contributed by atoms with Crippen molar-refractivity contribution in [1.82, 2.24) is 4.90 Å². The van der Waals surface area contributed by atoms with Crippen molar-refractivity contribution in [1.29, 1.82) is 0 Å². The van der Waals surface area contributed by atoms with Gasteiger partial charge in [-0.1, -0.05) is 26.8 Å². The van der Waals surface area contributed by atoms with E-state index in [0.717, 1.165) is 25.0 Å². The Bertz CT molecular complexity index is 1250. The third-order valence-corrected chi connectivity index (χ3v) is 7.49. The summed E-state index contributed by atoms with van der Waals surface area (Å²) in [4.78, 5) is 39.4. The number of thioether (sulfide) groups is 1. The molecule has 0 radical (unpaired) electrons. The van der Waals surface area contributed by atoms with Gasteiger partial charge in [0, 0.05) is 18.3 Å². The lowest BCUT2D eigenvalue weighted by Crippen LogP contribution is -2.38. The van der Waals surface area contributed by atoms with E-state index < -0.39 is 10.9 Å². The smallest absolute Gasteiger partial charge is 0.257 e. The van der Waals surface area contributed by atoms with E-state index in [1.165, 1.54) is 0 Å². The number of carbonyl (C=O) groups excluding carboxylic acids is 1. The SMILES string of the molecule is CC.CCC(SC)C(Nc1c(Nc2cccc(C(=O)N3CCCC3)c2O)c(=O)c1=O)c1ccc(C)o1. The van der Waals surface area contributed by atoms with Crippen LogP contribution in [0.3, 0.4) is 0 Å². The summed E-state index contributed by atoms with van der Waals surface area (Å²) in [5.41, 5.74) is -0.734. The average molecular weight is 514 g/mol. The summed E-state index contributed by atoms with van der Waals surface area (Å²) in [5, 5.41) is 17.0. The Hall–Kier alpha value is -3.20. The Morgan fingerprint density at radius 3 is 2.36 bits per heavy atom. The molecule has 36 heavy (non-hydrogen) atoms. The van der Waals surface area contributed by atoms with Crippen molar-refractivity contribution in [3.8, 4) is 5.75 Å². The maximum Gasteiger partial charge on any atom is 0.257 e. The standard InChI is InChI=1S/C25H29N3O5S.C2H6/c1-4-18(34-3)19(17-11-10-14(2)33-17)27-21-20(23(30)24(21)31)26-16-9-7-8-15(22(16)29)25(32)28-12-5-6-13-28;1-2/h7-11,18-19,26-27,29H,4-6,12-13H2,1-3H3;1-2H3. The molecule has 1 fully saturated rings. The number of amides is 1. The highest BCUT2D eigenvalue weighted by atomic mass is 32.2. The van der Waals surface area contributed by atoms with Gasteiger partial charge in [-0.15, -0.1) is 0 Å². The molecule has 1 aliphatic heterocycles. The predicted octanol–water partition coefficient (Wildman–Crippen LogP) is 5.19. The van der Waals surface area contributed by atoms with Gasteiger partial charge in [-0.25, -0.2) is 0 Å². The summed E-state index contributed by atoms with van der Waals surface area (Å²) in [5.74, 6) is 0.942. The molecule has 1 aliphatic rings. The molecule has 3 N–H and O–H groups in total. The van der Waals surface area contributed by atoms with Gasteiger partial charge in [-0.05, 0) is 56.7 Å². The summed E-state index contributed by atoms with van der Waals surface area (Å²) in [6.45, 7) is 9.21. The summed E-state index contributed by atoms with van der Waals surface area (Å²) in [6.07, 6.45) is 4.68. The van der Waals surface area contributed by atoms with Crippen LogP contribution in [0.1, 0.15) is 68.0 Å². The number of phenols is 1. The quantitative estimate of drug-likeness (QED) is 0.265. The van der Waals surface area contributed by atoms with Gasteiger partial charge in [0.1, 0.15) is 22.9 Å². The van der Waals surface area contributed by atoms with Crippen LogP contribution in [0.5, 0.6) is 5.75 Å².